The van der Waals surface area contributed by atoms with Crippen molar-refractivity contribution < 1.29 is 9.26 Å². The smallest absolute Gasteiger partial charge is 0.228 e. The average molecular weight is 233 g/mol. The molecule has 2 rings (SSSR count). The molecule has 2 aromatic rings. The number of para-hydroxylation sites is 1. The third-order valence-corrected chi connectivity index (χ3v) is 2.12. The zero-order valence-corrected chi connectivity index (χ0v) is 9.67. The second-order valence-electron chi connectivity index (χ2n) is 3.89. The third kappa shape index (κ3) is 3.57. The Hall–Kier alpha value is -1.88. The number of benzene rings is 1. The highest BCUT2D eigenvalue weighted by atomic mass is 16.5. The second kappa shape index (κ2) is 5.45. The maximum atomic E-state index is 5.64. The minimum absolute atomic E-state index is 0.0124. The number of nitrogens with two attached hydrogens (primary N) is 1. The first kappa shape index (κ1) is 11.6. The van der Waals surface area contributed by atoms with E-state index in [1.54, 1.807) is 0 Å². The van der Waals surface area contributed by atoms with Gasteiger partial charge in [0.1, 0.15) is 5.75 Å². The molecule has 1 unspecified atom stereocenters. The van der Waals surface area contributed by atoms with E-state index in [1.165, 1.54) is 0 Å². The summed E-state index contributed by atoms with van der Waals surface area (Å²) in [4.78, 5) is 4.18. The van der Waals surface area contributed by atoms with Gasteiger partial charge >= 0.3 is 0 Å². The van der Waals surface area contributed by atoms with Gasteiger partial charge in [0.15, 0.2) is 6.61 Å². The highest BCUT2D eigenvalue weighted by molar-refractivity contribution is 5.20. The van der Waals surface area contributed by atoms with Crippen LogP contribution in [0, 0.1) is 0 Å². The summed E-state index contributed by atoms with van der Waals surface area (Å²) in [5.41, 5.74) is 5.64. The third-order valence-electron chi connectivity index (χ3n) is 2.12. The minimum Gasteiger partial charge on any atom is -0.485 e. The van der Waals surface area contributed by atoms with Gasteiger partial charge in [-0.05, 0) is 19.1 Å². The van der Waals surface area contributed by atoms with Crippen LogP contribution in [0.25, 0.3) is 0 Å². The first-order valence-electron chi connectivity index (χ1n) is 5.49. The molecule has 0 aliphatic heterocycles. The molecule has 0 bridgehead atoms. The van der Waals surface area contributed by atoms with Crippen molar-refractivity contribution in [2.24, 2.45) is 5.73 Å². The number of rotatable bonds is 5. The lowest BCUT2D eigenvalue weighted by Crippen LogP contribution is -2.17. The van der Waals surface area contributed by atoms with Crippen LogP contribution < -0.4 is 10.5 Å². The van der Waals surface area contributed by atoms with E-state index in [0.717, 1.165) is 5.75 Å². The number of hydrogen-bond donors (Lipinski definition) is 1. The van der Waals surface area contributed by atoms with Gasteiger partial charge in [-0.2, -0.15) is 4.98 Å². The van der Waals surface area contributed by atoms with Gasteiger partial charge in [0.25, 0.3) is 0 Å². The van der Waals surface area contributed by atoms with E-state index >= 15 is 0 Å². The molecule has 0 amide bonds. The van der Waals surface area contributed by atoms with Crippen LogP contribution in [-0.4, -0.2) is 16.2 Å². The quantitative estimate of drug-likeness (QED) is 0.847. The maximum absolute atomic E-state index is 5.64. The molecule has 0 aliphatic carbocycles. The Kier molecular flexibility index (Phi) is 3.72. The van der Waals surface area contributed by atoms with E-state index in [9.17, 15) is 0 Å². The Morgan fingerprint density at radius 3 is 2.82 bits per heavy atom. The van der Waals surface area contributed by atoms with Gasteiger partial charge in [-0.1, -0.05) is 23.4 Å². The molecule has 0 fully saturated rings. The lowest BCUT2D eigenvalue weighted by molar-refractivity contribution is 0.285. The molecule has 0 radical (unpaired) electrons. The van der Waals surface area contributed by atoms with Crippen molar-refractivity contribution in [3.05, 3.63) is 42.0 Å². The van der Waals surface area contributed by atoms with Crippen LogP contribution in [0.2, 0.25) is 0 Å². The van der Waals surface area contributed by atoms with Gasteiger partial charge in [-0.15, -0.1) is 0 Å². The van der Waals surface area contributed by atoms with E-state index in [4.69, 9.17) is 15.0 Å². The lowest BCUT2D eigenvalue weighted by atomic mass is 10.2. The van der Waals surface area contributed by atoms with Gasteiger partial charge in [0.05, 0.1) is 0 Å². The van der Waals surface area contributed by atoms with Crippen LogP contribution in [-0.2, 0) is 13.0 Å². The van der Waals surface area contributed by atoms with Gasteiger partial charge in [0, 0.05) is 12.5 Å². The molecule has 1 heterocycles. The summed E-state index contributed by atoms with van der Waals surface area (Å²) in [6.07, 6.45) is 0.582. The molecule has 0 saturated heterocycles. The summed E-state index contributed by atoms with van der Waals surface area (Å²) < 4.78 is 10.5. The van der Waals surface area contributed by atoms with E-state index in [2.05, 4.69) is 10.1 Å². The molecule has 90 valence electrons. The van der Waals surface area contributed by atoms with Crippen LogP contribution >= 0.6 is 0 Å². The number of aromatic nitrogens is 2. The molecule has 1 atom stereocenters. The molecule has 0 saturated carbocycles. The molecule has 0 spiro atoms. The Labute approximate surface area is 99.6 Å². The highest BCUT2D eigenvalue weighted by Crippen LogP contribution is 2.10. The van der Waals surface area contributed by atoms with Gasteiger partial charge < -0.3 is 15.0 Å². The van der Waals surface area contributed by atoms with Crippen LogP contribution in [0.3, 0.4) is 0 Å². The van der Waals surface area contributed by atoms with E-state index in [0.29, 0.717) is 24.7 Å². The summed E-state index contributed by atoms with van der Waals surface area (Å²) in [6.45, 7) is 2.19. The van der Waals surface area contributed by atoms with Crippen LogP contribution in [0.5, 0.6) is 5.75 Å². The Bertz CT molecular complexity index is 454. The molecule has 5 nitrogen and oxygen atoms in total. The number of nitrogens with zero attached hydrogens (tertiary/aromatic N) is 2. The summed E-state index contributed by atoms with van der Waals surface area (Å²) >= 11 is 0. The van der Waals surface area contributed by atoms with Crippen molar-refractivity contribution in [2.75, 3.05) is 0 Å². The van der Waals surface area contributed by atoms with Crippen molar-refractivity contribution in [1.82, 2.24) is 10.1 Å². The van der Waals surface area contributed by atoms with Crippen molar-refractivity contribution in [3.8, 4) is 5.75 Å². The fourth-order valence-corrected chi connectivity index (χ4v) is 1.37. The maximum Gasteiger partial charge on any atom is 0.228 e. The summed E-state index contributed by atoms with van der Waals surface area (Å²) in [5.74, 6) is 1.86. The zero-order valence-electron chi connectivity index (χ0n) is 9.67. The summed E-state index contributed by atoms with van der Waals surface area (Å²) in [6, 6.07) is 9.52. The monoisotopic (exact) mass is 233 g/mol. The fraction of sp³-hybridized carbons (Fsp3) is 0.333. The first-order valence-corrected chi connectivity index (χ1v) is 5.49. The normalized spacial score (nSPS) is 12.4. The molecule has 1 aromatic heterocycles. The Morgan fingerprint density at radius 1 is 1.35 bits per heavy atom. The van der Waals surface area contributed by atoms with E-state index in [-0.39, 0.29) is 6.04 Å². The van der Waals surface area contributed by atoms with Crippen LogP contribution in [0.1, 0.15) is 18.6 Å². The zero-order chi connectivity index (χ0) is 12.1. The van der Waals surface area contributed by atoms with Crippen LogP contribution in [0.15, 0.2) is 34.9 Å². The summed E-state index contributed by atoms with van der Waals surface area (Å²) in [5, 5.41) is 3.82. The molecular weight excluding hydrogens is 218 g/mol. The second-order valence-corrected chi connectivity index (χ2v) is 3.89. The molecule has 5 heteroatoms. The number of hydrogen-bond acceptors (Lipinski definition) is 5. The SMILES string of the molecule is CC(N)Cc1nc(COc2ccccc2)no1. The first-order chi connectivity index (χ1) is 8.24. The van der Waals surface area contributed by atoms with Crippen molar-refractivity contribution in [1.29, 1.82) is 0 Å². The lowest BCUT2D eigenvalue weighted by Gasteiger charge is -2.01. The Morgan fingerprint density at radius 2 is 2.12 bits per heavy atom. The van der Waals surface area contributed by atoms with Gasteiger partial charge in [-0.3, -0.25) is 0 Å². The largest absolute Gasteiger partial charge is 0.485 e. The highest BCUT2D eigenvalue weighted by Gasteiger charge is 2.08. The average Bonchev–Trinajstić information content (AvgIpc) is 2.75. The molecule has 0 aliphatic rings. The Balaban J connectivity index is 1.89. The molecular formula is C12H15N3O2. The number of ether oxygens (including phenoxy) is 1. The molecule has 17 heavy (non-hydrogen) atoms. The fourth-order valence-electron chi connectivity index (χ4n) is 1.37. The van der Waals surface area contributed by atoms with Crippen molar-refractivity contribution in [3.63, 3.8) is 0 Å². The summed E-state index contributed by atoms with van der Waals surface area (Å²) in [7, 11) is 0. The van der Waals surface area contributed by atoms with E-state index in [1.807, 2.05) is 37.3 Å². The minimum atomic E-state index is 0.0124. The van der Waals surface area contributed by atoms with E-state index < -0.39 is 0 Å². The van der Waals surface area contributed by atoms with Crippen molar-refractivity contribution in [2.45, 2.75) is 26.0 Å². The topological polar surface area (TPSA) is 74.2 Å². The van der Waals surface area contributed by atoms with Gasteiger partial charge in [0.2, 0.25) is 11.7 Å². The van der Waals surface area contributed by atoms with Gasteiger partial charge in [-0.25, -0.2) is 0 Å². The predicted octanol–water partition coefficient (Wildman–Crippen LogP) is 1.54. The standard InChI is InChI=1S/C12H15N3O2/c1-9(13)7-12-14-11(15-17-12)8-16-10-5-3-2-4-6-10/h2-6,9H,7-8,13H2,1H3. The molecule has 2 N–H and O–H groups in total. The molecule has 1 aromatic carbocycles. The van der Waals surface area contributed by atoms with Crippen LogP contribution in [0.4, 0.5) is 0 Å². The van der Waals surface area contributed by atoms with Crippen molar-refractivity contribution >= 4 is 0 Å². The predicted molar refractivity (Wildman–Crippen MR) is 62.4 cm³/mol.